The van der Waals surface area contributed by atoms with Crippen LogP contribution in [0.2, 0.25) is 0 Å². The smallest absolute Gasteiger partial charge is 0.0143 e. The van der Waals surface area contributed by atoms with Gasteiger partial charge in [-0.05, 0) is 37.5 Å². The Balaban J connectivity index is 1.38. The lowest BCUT2D eigenvalue weighted by molar-refractivity contribution is 0.0538. The second-order valence-electron chi connectivity index (χ2n) is 7.39. The Kier molecular flexibility index (Phi) is 4.97. The van der Waals surface area contributed by atoms with Crippen molar-refractivity contribution in [2.24, 2.45) is 17.7 Å². The van der Waals surface area contributed by atoms with Crippen LogP contribution in [0, 0.1) is 11.8 Å². The van der Waals surface area contributed by atoms with E-state index < -0.39 is 0 Å². The van der Waals surface area contributed by atoms with Gasteiger partial charge in [0.2, 0.25) is 0 Å². The second kappa shape index (κ2) is 6.73. The molecule has 0 aromatic carbocycles. The van der Waals surface area contributed by atoms with Crippen molar-refractivity contribution in [2.75, 3.05) is 45.8 Å². The number of piperidine rings is 1. The number of piperazine rings is 1. The molecular formula is C16H32N4. The molecule has 2 atom stereocenters. The van der Waals surface area contributed by atoms with E-state index in [0.29, 0.717) is 0 Å². The summed E-state index contributed by atoms with van der Waals surface area (Å²) < 4.78 is 0. The molecule has 20 heavy (non-hydrogen) atoms. The van der Waals surface area contributed by atoms with Crippen LogP contribution in [-0.4, -0.2) is 66.7 Å². The van der Waals surface area contributed by atoms with Gasteiger partial charge in [-0.3, -0.25) is 10.7 Å². The Hall–Kier alpha value is -0.160. The Morgan fingerprint density at radius 3 is 2.20 bits per heavy atom. The van der Waals surface area contributed by atoms with Gasteiger partial charge in [-0.15, -0.1) is 0 Å². The molecule has 1 saturated carbocycles. The maximum atomic E-state index is 5.86. The zero-order chi connectivity index (χ0) is 13.9. The fourth-order valence-corrected chi connectivity index (χ4v) is 4.42. The van der Waals surface area contributed by atoms with Gasteiger partial charge >= 0.3 is 0 Å². The van der Waals surface area contributed by atoms with E-state index in [9.17, 15) is 0 Å². The van der Waals surface area contributed by atoms with E-state index in [1.807, 2.05) is 5.01 Å². The first-order valence-electron chi connectivity index (χ1n) is 8.67. The van der Waals surface area contributed by atoms with Gasteiger partial charge in [0.15, 0.2) is 0 Å². The van der Waals surface area contributed by atoms with Crippen molar-refractivity contribution in [1.29, 1.82) is 0 Å². The van der Waals surface area contributed by atoms with Crippen molar-refractivity contribution in [3.05, 3.63) is 0 Å². The van der Waals surface area contributed by atoms with Crippen molar-refractivity contribution in [1.82, 2.24) is 14.8 Å². The highest BCUT2D eigenvalue weighted by Crippen LogP contribution is 2.31. The largest absolute Gasteiger partial charge is 0.301 e. The monoisotopic (exact) mass is 280 g/mol. The first-order chi connectivity index (χ1) is 9.70. The summed E-state index contributed by atoms with van der Waals surface area (Å²) in [7, 11) is 0. The van der Waals surface area contributed by atoms with Gasteiger partial charge in [0.1, 0.15) is 0 Å². The highest BCUT2D eigenvalue weighted by Gasteiger charge is 2.28. The van der Waals surface area contributed by atoms with Crippen LogP contribution in [0.5, 0.6) is 0 Å². The van der Waals surface area contributed by atoms with Gasteiger partial charge in [-0.25, -0.2) is 5.01 Å². The van der Waals surface area contributed by atoms with E-state index in [1.54, 1.807) is 0 Å². The Morgan fingerprint density at radius 1 is 0.900 bits per heavy atom. The van der Waals surface area contributed by atoms with Gasteiger partial charge in [-0.1, -0.05) is 13.3 Å². The van der Waals surface area contributed by atoms with Crippen LogP contribution in [0.4, 0.5) is 0 Å². The molecule has 3 fully saturated rings. The van der Waals surface area contributed by atoms with Gasteiger partial charge in [-0.2, -0.15) is 0 Å². The third-order valence-electron chi connectivity index (χ3n) is 5.74. The molecule has 3 aliphatic rings. The van der Waals surface area contributed by atoms with Gasteiger partial charge in [0, 0.05) is 51.9 Å². The number of nitrogens with zero attached hydrogens (tertiary/aromatic N) is 3. The molecule has 2 aliphatic heterocycles. The van der Waals surface area contributed by atoms with Crippen molar-refractivity contribution in [2.45, 2.75) is 45.1 Å². The second-order valence-corrected chi connectivity index (χ2v) is 7.39. The molecule has 0 spiro atoms. The summed E-state index contributed by atoms with van der Waals surface area (Å²) in [5.41, 5.74) is 0. The normalized spacial score (nSPS) is 35.7. The Morgan fingerprint density at radius 2 is 1.60 bits per heavy atom. The number of hydrogen-bond donors (Lipinski definition) is 1. The maximum absolute atomic E-state index is 5.86. The molecule has 1 aliphatic carbocycles. The van der Waals surface area contributed by atoms with E-state index in [1.165, 1.54) is 64.8 Å². The highest BCUT2D eigenvalue weighted by atomic mass is 15.4. The van der Waals surface area contributed by atoms with Crippen LogP contribution < -0.4 is 5.84 Å². The molecule has 2 heterocycles. The predicted molar refractivity (Wildman–Crippen MR) is 83.3 cm³/mol. The zero-order valence-electron chi connectivity index (χ0n) is 13.1. The predicted octanol–water partition coefficient (Wildman–Crippen LogP) is 1.38. The minimum absolute atomic E-state index is 0.795. The molecule has 0 aromatic heterocycles. The summed E-state index contributed by atoms with van der Waals surface area (Å²) in [6.45, 7) is 11.0. The van der Waals surface area contributed by atoms with E-state index in [4.69, 9.17) is 5.84 Å². The number of hydrogen-bond acceptors (Lipinski definition) is 4. The highest BCUT2D eigenvalue weighted by molar-refractivity contribution is 4.84. The number of nitrogens with two attached hydrogens (primary N) is 1. The van der Waals surface area contributed by atoms with Crippen LogP contribution in [0.3, 0.4) is 0 Å². The molecular weight excluding hydrogens is 248 g/mol. The average molecular weight is 280 g/mol. The minimum Gasteiger partial charge on any atom is -0.301 e. The van der Waals surface area contributed by atoms with E-state index in [-0.39, 0.29) is 0 Å². The number of rotatable bonds is 3. The van der Waals surface area contributed by atoms with Crippen molar-refractivity contribution in [3.63, 3.8) is 0 Å². The van der Waals surface area contributed by atoms with E-state index in [2.05, 4.69) is 16.7 Å². The van der Waals surface area contributed by atoms with Gasteiger partial charge in [0.25, 0.3) is 0 Å². The van der Waals surface area contributed by atoms with Crippen molar-refractivity contribution >= 4 is 0 Å². The molecule has 116 valence electrons. The maximum Gasteiger partial charge on any atom is 0.0143 e. The SMILES string of the molecule is CC1CCC(CN2CCN(C3CCN(N)CC3)CC2)C1. The van der Waals surface area contributed by atoms with Crippen molar-refractivity contribution < 1.29 is 0 Å². The topological polar surface area (TPSA) is 35.7 Å². The van der Waals surface area contributed by atoms with Crippen LogP contribution in [0.1, 0.15) is 39.0 Å². The zero-order valence-corrected chi connectivity index (χ0v) is 13.1. The molecule has 0 bridgehead atoms. The van der Waals surface area contributed by atoms with Crippen LogP contribution >= 0.6 is 0 Å². The summed E-state index contributed by atoms with van der Waals surface area (Å²) in [6.07, 6.45) is 6.92. The molecule has 3 rings (SSSR count). The summed E-state index contributed by atoms with van der Waals surface area (Å²) >= 11 is 0. The molecule has 2 N–H and O–H groups in total. The molecule has 0 aromatic rings. The number of hydrazine groups is 1. The van der Waals surface area contributed by atoms with Gasteiger partial charge in [0.05, 0.1) is 0 Å². The summed E-state index contributed by atoms with van der Waals surface area (Å²) in [4.78, 5) is 5.44. The summed E-state index contributed by atoms with van der Waals surface area (Å²) in [6, 6.07) is 0.795. The summed E-state index contributed by atoms with van der Waals surface area (Å²) in [5.74, 6) is 7.82. The third-order valence-corrected chi connectivity index (χ3v) is 5.74. The first kappa shape index (κ1) is 14.8. The molecule has 0 amide bonds. The first-order valence-corrected chi connectivity index (χ1v) is 8.67. The summed E-state index contributed by atoms with van der Waals surface area (Å²) in [5, 5.41) is 1.98. The fraction of sp³-hybridized carbons (Fsp3) is 1.00. The van der Waals surface area contributed by atoms with Gasteiger partial charge < -0.3 is 4.90 Å². The lowest BCUT2D eigenvalue weighted by Crippen LogP contribution is -2.54. The quantitative estimate of drug-likeness (QED) is 0.792. The molecule has 4 heteroatoms. The van der Waals surface area contributed by atoms with Crippen LogP contribution in [-0.2, 0) is 0 Å². The lowest BCUT2D eigenvalue weighted by atomic mass is 10.0. The van der Waals surface area contributed by atoms with Crippen LogP contribution in [0.25, 0.3) is 0 Å². The minimum atomic E-state index is 0.795. The lowest BCUT2D eigenvalue weighted by Gasteiger charge is -2.42. The van der Waals surface area contributed by atoms with Crippen molar-refractivity contribution in [3.8, 4) is 0 Å². The standard InChI is InChI=1S/C16H32N4/c1-14-2-3-15(12-14)13-18-8-10-19(11-9-18)16-4-6-20(17)7-5-16/h14-16H,2-13,17H2,1H3. The molecule has 2 saturated heterocycles. The average Bonchev–Trinajstić information content (AvgIpc) is 2.86. The van der Waals surface area contributed by atoms with Crippen LogP contribution in [0.15, 0.2) is 0 Å². The van der Waals surface area contributed by atoms with E-state index >= 15 is 0 Å². The molecule has 4 nitrogen and oxygen atoms in total. The van der Waals surface area contributed by atoms with E-state index in [0.717, 1.165) is 31.0 Å². The third kappa shape index (κ3) is 3.73. The molecule has 0 radical (unpaired) electrons. The molecule has 2 unspecified atom stereocenters. The fourth-order valence-electron chi connectivity index (χ4n) is 4.42. The Labute approximate surface area is 124 Å². The Bertz CT molecular complexity index is 293.